The van der Waals surface area contributed by atoms with Crippen LogP contribution >= 0.6 is 11.6 Å². The first-order valence-corrected chi connectivity index (χ1v) is 8.24. The van der Waals surface area contributed by atoms with Crippen LogP contribution in [0, 0.1) is 17.0 Å². The number of nitro groups is 1. The topological polar surface area (TPSA) is 124 Å². The van der Waals surface area contributed by atoms with Crippen molar-refractivity contribution in [2.45, 2.75) is 6.92 Å². The monoisotopic (exact) mass is 401 g/mol. The van der Waals surface area contributed by atoms with Gasteiger partial charge in [-0.2, -0.15) is 0 Å². The van der Waals surface area contributed by atoms with Crippen molar-refractivity contribution in [3.8, 4) is 17.1 Å². The van der Waals surface area contributed by atoms with E-state index in [0.717, 1.165) is 12.1 Å². The molecule has 8 nitrogen and oxygen atoms in total. The summed E-state index contributed by atoms with van der Waals surface area (Å²) in [5, 5.41) is 21.2. The van der Waals surface area contributed by atoms with E-state index < -0.39 is 27.6 Å². The molecule has 0 spiro atoms. The van der Waals surface area contributed by atoms with Crippen molar-refractivity contribution in [3.63, 3.8) is 0 Å². The maximum absolute atomic E-state index is 12.2. The second-order valence-corrected chi connectivity index (χ2v) is 6.16. The van der Waals surface area contributed by atoms with E-state index in [2.05, 4.69) is 0 Å². The molecule has 1 N–H and O–H groups in total. The Morgan fingerprint density at radius 1 is 1.21 bits per heavy atom. The Morgan fingerprint density at radius 3 is 2.64 bits per heavy atom. The van der Waals surface area contributed by atoms with Crippen LogP contribution in [-0.4, -0.2) is 15.8 Å². The van der Waals surface area contributed by atoms with Gasteiger partial charge >= 0.3 is 5.63 Å². The Morgan fingerprint density at radius 2 is 1.96 bits per heavy atom. The molecular weight excluding hydrogens is 390 g/mol. The molecule has 2 heterocycles. The number of hydrogen-bond donors (Lipinski definition) is 1. The largest absolute Gasteiger partial charge is 0.507 e. The molecule has 1 aromatic carbocycles. The van der Waals surface area contributed by atoms with Crippen LogP contribution in [0.15, 0.2) is 56.1 Å². The van der Waals surface area contributed by atoms with E-state index >= 15 is 0 Å². The molecule has 0 saturated carbocycles. The molecule has 28 heavy (non-hydrogen) atoms. The van der Waals surface area contributed by atoms with Crippen LogP contribution in [0.1, 0.15) is 21.9 Å². The molecule has 0 atom stereocenters. The average molecular weight is 402 g/mol. The Kier molecular flexibility index (Phi) is 5.14. The molecular formula is C19H12ClNO7. The van der Waals surface area contributed by atoms with Gasteiger partial charge < -0.3 is 13.9 Å². The van der Waals surface area contributed by atoms with Crippen molar-refractivity contribution in [3.05, 3.63) is 85.1 Å². The number of aryl methyl sites for hydroxylation is 1. The van der Waals surface area contributed by atoms with E-state index in [1.807, 2.05) is 0 Å². The maximum Gasteiger partial charge on any atom is 0.351 e. The smallest absolute Gasteiger partial charge is 0.351 e. The summed E-state index contributed by atoms with van der Waals surface area (Å²) in [6, 6.07) is 8.30. The van der Waals surface area contributed by atoms with Gasteiger partial charge in [-0.1, -0.05) is 11.6 Å². The molecule has 0 bridgehead atoms. The summed E-state index contributed by atoms with van der Waals surface area (Å²) in [6.45, 7) is 1.46. The van der Waals surface area contributed by atoms with Gasteiger partial charge in [0.1, 0.15) is 28.6 Å². The van der Waals surface area contributed by atoms with Crippen molar-refractivity contribution in [2.75, 3.05) is 0 Å². The zero-order chi connectivity index (χ0) is 20.4. The van der Waals surface area contributed by atoms with Gasteiger partial charge in [0.05, 0.1) is 10.5 Å². The molecule has 2 aromatic heterocycles. The summed E-state index contributed by atoms with van der Waals surface area (Å²) < 4.78 is 10.3. The van der Waals surface area contributed by atoms with Gasteiger partial charge in [0.25, 0.3) is 5.69 Å². The third-order valence-electron chi connectivity index (χ3n) is 3.75. The highest BCUT2D eigenvalue weighted by Gasteiger charge is 2.19. The summed E-state index contributed by atoms with van der Waals surface area (Å²) in [5.41, 5.74) is -1.46. The van der Waals surface area contributed by atoms with Gasteiger partial charge in [-0.05, 0) is 43.3 Å². The van der Waals surface area contributed by atoms with E-state index in [0.29, 0.717) is 0 Å². The first-order chi connectivity index (χ1) is 13.3. The summed E-state index contributed by atoms with van der Waals surface area (Å²) in [4.78, 5) is 34.5. The van der Waals surface area contributed by atoms with E-state index in [1.54, 1.807) is 0 Å². The Hall–Kier alpha value is -3.65. The van der Waals surface area contributed by atoms with Gasteiger partial charge in [-0.3, -0.25) is 14.9 Å². The van der Waals surface area contributed by atoms with Crippen LogP contribution in [0.25, 0.3) is 17.4 Å². The standard InChI is InChI=1S/C19H12ClNO7/c1-10-8-16(23)18(19(24)27-10)15(22)6-3-12-4-7-17(28-12)13-5-2-11(20)9-14(13)21(25)26/h2-9,23H,1H3/b6-3+. The normalized spacial score (nSPS) is 11.1. The number of furan rings is 1. The maximum atomic E-state index is 12.2. The van der Waals surface area contributed by atoms with Crippen molar-refractivity contribution >= 4 is 29.1 Å². The lowest BCUT2D eigenvalue weighted by Gasteiger charge is -2.00. The fraction of sp³-hybridized carbons (Fsp3) is 0.0526. The fourth-order valence-electron chi connectivity index (χ4n) is 2.52. The zero-order valence-electron chi connectivity index (χ0n) is 14.3. The van der Waals surface area contributed by atoms with E-state index in [1.165, 1.54) is 43.3 Å². The lowest BCUT2D eigenvalue weighted by Crippen LogP contribution is -2.12. The van der Waals surface area contributed by atoms with Crippen LogP contribution in [0.2, 0.25) is 5.02 Å². The summed E-state index contributed by atoms with van der Waals surface area (Å²) in [6.07, 6.45) is 2.30. The number of halogens is 1. The number of carbonyl (C=O) groups is 1. The fourth-order valence-corrected chi connectivity index (χ4v) is 2.68. The number of allylic oxidation sites excluding steroid dienone is 1. The van der Waals surface area contributed by atoms with Crippen LogP contribution in [0.3, 0.4) is 0 Å². The number of rotatable bonds is 5. The van der Waals surface area contributed by atoms with Crippen LogP contribution in [0.4, 0.5) is 5.69 Å². The Bertz CT molecular complexity index is 1170. The Labute approximate surface area is 162 Å². The van der Waals surface area contributed by atoms with E-state index in [-0.39, 0.29) is 33.6 Å². The minimum atomic E-state index is -0.955. The van der Waals surface area contributed by atoms with E-state index in [9.17, 15) is 24.8 Å². The highest BCUT2D eigenvalue weighted by atomic mass is 35.5. The van der Waals surface area contributed by atoms with E-state index in [4.69, 9.17) is 20.4 Å². The molecule has 0 saturated heterocycles. The van der Waals surface area contributed by atoms with Gasteiger partial charge in [-0.15, -0.1) is 0 Å². The summed E-state index contributed by atoms with van der Waals surface area (Å²) in [7, 11) is 0. The lowest BCUT2D eigenvalue weighted by molar-refractivity contribution is -0.384. The first kappa shape index (κ1) is 19.1. The molecule has 3 aromatic rings. The molecule has 9 heteroatoms. The predicted molar refractivity (Wildman–Crippen MR) is 101 cm³/mol. The number of carbonyl (C=O) groups excluding carboxylic acids is 1. The number of ketones is 1. The van der Waals surface area contributed by atoms with Gasteiger partial charge in [0.15, 0.2) is 5.78 Å². The average Bonchev–Trinajstić information content (AvgIpc) is 3.07. The van der Waals surface area contributed by atoms with Gasteiger partial charge in [-0.25, -0.2) is 4.79 Å². The molecule has 3 rings (SSSR count). The quantitative estimate of drug-likeness (QED) is 0.291. The molecule has 0 aliphatic heterocycles. The number of benzene rings is 1. The molecule has 0 aliphatic rings. The molecule has 0 aliphatic carbocycles. The molecule has 142 valence electrons. The lowest BCUT2D eigenvalue weighted by atomic mass is 10.1. The van der Waals surface area contributed by atoms with Gasteiger partial charge in [0, 0.05) is 17.2 Å². The number of nitro benzene ring substituents is 1. The number of hydrogen-bond acceptors (Lipinski definition) is 7. The predicted octanol–water partition coefficient (Wildman–Crippen LogP) is 4.37. The highest BCUT2D eigenvalue weighted by molar-refractivity contribution is 6.30. The van der Waals surface area contributed by atoms with Crippen LogP contribution in [-0.2, 0) is 0 Å². The number of aromatic hydroxyl groups is 1. The Balaban J connectivity index is 1.89. The number of nitrogens with zero attached hydrogens (tertiary/aromatic N) is 1. The third-order valence-corrected chi connectivity index (χ3v) is 3.98. The van der Waals surface area contributed by atoms with Gasteiger partial charge in [0.2, 0.25) is 0 Å². The third kappa shape index (κ3) is 3.86. The van der Waals surface area contributed by atoms with Crippen molar-refractivity contribution in [1.29, 1.82) is 0 Å². The molecule has 0 radical (unpaired) electrons. The second-order valence-electron chi connectivity index (χ2n) is 5.72. The van der Waals surface area contributed by atoms with Crippen molar-refractivity contribution < 1.29 is 23.7 Å². The molecule has 0 amide bonds. The first-order valence-electron chi connectivity index (χ1n) is 7.86. The zero-order valence-corrected chi connectivity index (χ0v) is 15.1. The highest BCUT2D eigenvalue weighted by Crippen LogP contribution is 2.33. The summed E-state index contributed by atoms with van der Waals surface area (Å²) in [5.74, 6) is -0.679. The van der Waals surface area contributed by atoms with Crippen LogP contribution < -0.4 is 5.63 Å². The molecule has 0 fully saturated rings. The summed E-state index contributed by atoms with van der Waals surface area (Å²) >= 11 is 5.79. The second kappa shape index (κ2) is 7.53. The van der Waals surface area contributed by atoms with Crippen LogP contribution in [0.5, 0.6) is 5.75 Å². The van der Waals surface area contributed by atoms with Crippen molar-refractivity contribution in [1.82, 2.24) is 0 Å². The minimum absolute atomic E-state index is 0.170. The SMILES string of the molecule is Cc1cc(O)c(C(=O)/C=C/c2ccc(-c3ccc(Cl)cc3[N+](=O)[O-])o2)c(=O)o1. The minimum Gasteiger partial charge on any atom is -0.507 e. The molecule has 0 unspecified atom stereocenters. The van der Waals surface area contributed by atoms with Crippen molar-refractivity contribution in [2.24, 2.45) is 0 Å².